The molecule has 0 spiro atoms. The van der Waals surface area contributed by atoms with Crippen LogP contribution in [0.3, 0.4) is 0 Å². The number of aromatic nitrogens is 1. The van der Waals surface area contributed by atoms with Gasteiger partial charge in [-0.1, -0.05) is 72.3 Å². The normalized spacial score (nSPS) is 20.4. The molecule has 0 bridgehead atoms. The first-order valence-electron chi connectivity index (χ1n) is 12.8. The van der Waals surface area contributed by atoms with Crippen molar-refractivity contribution in [3.8, 4) is 0 Å². The molecule has 2 aromatic carbocycles. The number of hydrogen-bond donors (Lipinski definition) is 1. The van der Waals surface area contributed by atoms with E-state index in [0.717, 1.165) is 30.0 Å². The topological polar surface area (TPSA) is 65.5 Å². The lowest BCUT2D eigenvalue weighted by molar-refractivity contribution is -0.142. The Bertz CT molecular complexity index is 1230. The summed E-state index contributed by atoms with van der Waals surface area (Å²) in [5, 5.41) is 3.90. The summed E-state index contributed by atoms with van der Waals surface area (Å²) in [4.78, 5) is 35.9. The zero-order valence-corrected chi connectivity index (χ0v) is 21.4. The average Bonchev–Trinajstić information content (AvgIpc) is 2.97. The van der Waals surface area contributed by atoms with Gasteiger partial charge in [0, 0.05) is 37.4 Å². The highest BCUT2D eigenvalue weighted by atomic mass is 35.5. The van der Waals surface area contributed by atoms with Crippen molar-refractivity contribution in [3.05, 3.63) is 107 Å². The third-order valence-electron chi connectivity index (χ3n) is 7.27. The number of carbonyl (C=O) groups excluding carboxylic acids is 2. The number of allylic oxidation sites excluding steroid dienone is 2. The van der Waals surface area contributed by atoms with E-state index in [1.807, 2.05) is 89.8 Å². The van der Waals surface area contributed by atoms with Gasteiger partial charge < -0.3 is 15.1 Å². The summed E-state index contributed by atoms with van der Waals surface area (Å²) in [6, 6.07) is 23.0. The number of nitrogens with one attached hydrogen (secondary N) is 1. The molecule has 190 valence electrons. The van der Waals surface area contributed by atoms with Crippen LogP contribution in [0.15, 0.2) is 91.1 Å². The van der Waals surface area contributed by atoms with Crippen molar-refractivity contribution in [2.75, 3.05) is 31.1 Å². The lowest BCUT2D eigenvalue weighted by atomic mass is 9.81. The maximum Gasteiger partial charge on any atom is 0.226 e. The Morgan fingerprint density at radius 1 is 0.811 bits per heavy atom. The van der Waals surface area contributed by atoms with Crippen molar-refractivity contribution < 1.29 is 9.59 Å². The van der Waals surface area contributed by atoms with Gasteiger partial charge in [-0.3, -0.25) is 9.59 Å². The van der Waals surface area contributed by atoms with Crippen LogP contribution in [0.1, 0.15) is 30.0 Å². The molecule has 0 radical (unpaired) electrons. The minimum absolute atomic E-state index is 0.0629. The third-order valence-corrected chi connectivity index (χ3v) is 7.53. The van der Waals surface area contributed by atoms with Crippen molar-refractivity contribution in [2.45, 2.75) is 18.9 Å². The molecule has 1 aliphatic heterocycles. The molecular weight excluding hydrogens is 484 g/mol. The minimum atomic E-state index is -0.412. The van der Waals surface area contributed by atoms with Crippen LogP contribution in [0.5, 0.6) is 0 Å². The molecule has 7 heteroatoms. The average molecular weight is 515 g/mol. The number of rotatable bonds is 6. The van der Waals surface area contributed by atoms with Crippen molar-refractivity contribution >= 4 is 29.2 Å². The van der Waals surface area contributed by atoms with Crippen LogP contribution in [-0.4, -0.2) is 47.9 Å². The Morgan fingerprint density at radius 3 is 2.14 bits per heavy atom. The number of benzene rings is 2. The number of amides is 2. The highest BCUT2D eigenvalue weighted by Gasteiger charge is 2.38. The monoisotopic (exact) mass is 514 g/mol. The molecule has 2 heterocycles. The summed E-state index contributed by atoms with van der Waals surface area (Å²) in [6.45, 7) is 2.71. The summed E-state index contributed by atoms with van der Waals surface area (Å²) in [7, 11) is 0. The number of nitrogens with zero attached hydrogens (tertiary/aromatic N) is 3. The summed E-state index contributed by atoms with van der Waals surface area (Å²) < 4.78 is 0. The molecule has 1 aliphatic carbocycles. The second kappa shape index (κ2) is 11.6. The Morgan fingerprint density at radius 2 is 1.46 bits per heavy atom. The Kier molecular flexibility index (Phi) is 7.85. The lowest BCUT2D eigenvalue weighted by Gasteiger charge is -2.38. The molecule has 1 fully saturated rings. The van der Waals surface area contributed by atoms with Gasteiger partial charge in [0.2, 0.25) is 11.8 Å². The second-order valence-corrected chi connectivity index (χ2v) is 10.00. The van der Waals surface area contributed by atoms with Gasteiger partial charge in [0.15, 0.2) is 0 Å². The van der Waals surface area contributed by atoms with Gasteiger partial charge in [0.05, 0.1) is 17.9 Å². The van der Waals surface area contributed by atoms with E-state index >= 15 is 0 Å². The van der Waals surface area contributed by atoms with Gasteiger partial charge in [-0.15, -0.1) is 0 Å². The van der Waals surface area contributed by atoms with Gasteiger partial charge in [-0.2, -0.15) is 0 Å². The third kappa shape index (κ3) is 5.86. The van der Waals surface area contributed by atoms with E-state index in [0.29, 0.717) is 31.0 Å². The number of pyridine rings is 1. The fourth-order valence-electron chi connectivity index (χ4n) is 5.22. The largest absolute Gasteiger partial charge is 0.353 e. The summed E-state index contributed by atoms with van der Waals surface area (Å²) >= 11 is 6.12. The minimum Gasteiger partial charge on any atom is -0.353 e. The number of hydrogen-bond acceptors (Lipinski definition) is 4. The predicted molar refractivity (Wildman–Crippen MR) is 146 cm³/mol. The van der Waals surface area contributed by atoms with Crippen molar-refractivity contribution in [1.29, 1.82) is 0 Å². The van der Waals surface area contributed by atoms with Crippen molar-refractivity contribution in [3.63, 3.8) is 0 Å². The standard InChI is InChI=1S/C30H31ClN4O2/c31-24-15-13-23(14-16-24)28(22-8-2-1-3-9-22)33-29(36)25-10-4-5-11-26(25)30(37)35-20-18-34(19-21-35)27-12-6-7-17-32-27/h1-9,12-17,25-26,28H,10-11,18-21H2,(H,33,36). The second-order valence-electron chi connectivity index (χ2n) is 9.56. The van der Waals surface area contributed by atoms with Crippen molar-refractivity contribution in [1.82, 2.24) is 15.2 Å². The van der Waals surface area contributed by atoms with Crippen LogP contribution in [0, 0.1) is 11.8 Å². The molecule has 3 aromatic rings. The van der Waals surface area contributed by atoms with Crippen molar-refractivity contribution in [2.24, 2.45) is 11.8 Å². The summed E-state index contributed by atoms with van der Waals surface area (Å²) in [5.74, 6) is 0.117. The Labute approximate surface area is 223 Å². The molecule has 1 N–H and O–H groups in total. The Hall–Kier alpha value is -3.64. The maximum atomic E-state index is 13.7. The van der Waals surface area contributed by atoms with Gasteiger partial charge in [-0.05, 0) is 48.2 Å². The van der Waals surface area contributed by atoms with E-state index in [9.17, 15) is 9.59 Å². The van der Waals surface area contributed by atoms with Crippen LogP contribution < -0.4 is 10.2 Å². The zero-order valence-electron chi connectivity index (χ0n) is 20.7. The molecule has 5 rings (SSSR count). The van der Waals surface area contributed by atoms with Crippen LogP contribution in [-0.2, 0) is 9.59 Å². The smallest absolute Gasteiger partial charge is 0.226 e. The first kappa shape index (κ1) is 25.0. The predicted octanol–water partition coefficient (Wildman–Crippen LogP) is 4.87. The van der Waals surface area contributed by atoms with E-state index in [-0.39, 0.29) is 23.8 Å². The number of carbonyl (C=O) groups is 2. The first-order chi connectivity index (χ1) is 18.1. The van der Waals surface area contributed by atoms with E-state index < -0.39 is 5.92 Å². The number of halogens is 1. The summed E-state index contributed by atoms with van der Waals surface area (Å²) in [5.41, 5.74) is 1.93. The summed E-state index contributed by atoms with van der Waals surface area (Å²) in [6.07, 6.45) is 6.97. The lowest BCUT2D eigenvalue weighted by Crippen LogP contribution is -2.52. The molecule has 1 saturated heterocycles. The zero-order chi connectivity index (χ0) is 25.6. The van der Waals surface area contributed by atoms with Gasteiger partial charge in [0.25, 0.3) is 0 Å². The molecule has 6 nitrogen and oxygen atoms in total. The molecule has 2 aliphatic rings. The molecule has 1 aromatic heterocycles. The SMILES string of the molecule is O=C(NC(c1ccccc1)c1ccc(Cl)cc1)C1CC=CCC1C(=O)N1CCN(c2ccccn2)CC1. The Balaban J connectivity index is 1.29. The quantitative estimate of drug-likeness (QED) is 0.476. The van der Waals surface area contributed by atoms with Gasteiger partial charge in [0.1, 0.15) is 5.82 Å². The van der Waals surface area contributed by atoms with Crippen LogP contribution >= 0.6 is 11.6 Å². The highest BCUT2D eigenvalue weighted by molar-refractivity contribution is 6.30. The fourth-order valence-corrected chi connectivity index (χ4v) is 5.34. The van der Waals surface area contributed by atoms with E-state index in [1.165, 1.54) is 0 Å². The van der Waals surface area contributed by atoms with Crippen LogP contribution in [0.2, 0.25) is 5.02 Å². The molecule has 0 saturated carbocycles. The maximum absolute atomic E-state index is 13.7. The molecule has 2 amide bonds. The van der Waals surface area contributed by atoms with Crippen LogP contribution in [0.25, 0.3) is 0 Å². The molecule has 3 atom stereocenters. The first-order valence-corrected chi connectivity index (χ1v) is 13.2. The van der Waals surface area contributed by atoms with Crippen LogP contribution in [0.4, 0.5) is 5.82 Å². The fraction of sp³-hybridized carbons (Fsp3) is 0.300. The molecular formula is C30H31ClN4O2. The highest BCUT2D eigenvalue weighted by Crippen LogP contribution is 2.31. The number of anilines is 1. The van der Waals surface area contributed by atoms with E-state index in [1.54, 1.807) is 6.20 Å². The van der Waals surface area contributed by atoms with Gasteiger partial charge in [-0.25, -0.2) is 4.98 Å². The number of piperazine rings is 1. The van der Waals surface area contributed by atoms with Gasteiger partial charge >= 0.3 is 0 Å². The van der Waals surface area contributed by atoms with E-state index in [4.69, 9.17) is 11.6 Å². The molecule has 3 unspecified atom stereocenters. The molecule has 37 heavy (non-hydrogen) atoms. The van der Waals surface area contributed by atoms with E-state index in [2.05, 4.69) is 15.2 Å².